The molecule has 3 aromatic rings. The van der Waals surface area contributed by atoms with E-state index < -0.39 is 11.9 Å². The summed E-state index contributed by atoms with van der Waals surface area (Å²) in [7, 11) is 0. The summed E-state index contributed by atoms with van der Waals surface area (Å²) in [5.41, 5.74) is 7.67. The van der Waals surface area contributed by atoms with Gasteiger partial charge in [-0.3, -0.25) is 4.79 Å². The monoisotopic (exact) mass is 476 g/mol. The number of para-hydroxylation sites is 1. The molecule has 31 heavy (non-hydrogen) atoms. The van der Waals surface area contributed by atoms with Crippen molar-refractivity contribution in [2.24, 2.45) is 5.73 Å². The number of nitrogens with one attached hydrogen (secondary N) is 1. The first-order valence-corrected chi connectivity index (χ1v) is 10.4. The number of benzene rings is 2. The van der Waals surface area contributed by atoms with Crippen LogP contribution in [0.3, 0.4) is 0 Å². The van der Waals surface area contributed by atoms with Crippen molar-refractivity contribution in [3.63, 3.8) is 0 Å². The van der Waals surface area contributed by atoms with Crippen molar-refractivity contribution < 1.29 is 9.53 Å². The second-order valence-electron chi connectivity index (χ2n) is 6.55. The van der Waals surface area contributed by atoms with Crippen LogP contribution in [0.4, 0.5) is 0 Å². The molecule has 0 saturated carbocycles. The van der Waals surface area contributed by atoms with E-state index >= 15 is 0 Å². The van der Waals surface area contributed by atoms with Gasteiger partial charge in [-0.05, 0) is 45.8 Å². The van der Waals surface area contributed by atoms with E-state index in [1.54, 1.807) is 18.2 Å². The van der Waals surface area contributed by atoms with E-state index in [1.807, 2.05) is 60.7 Å². The van der Waals surface area contributed by atoms with Crippen molar-refractivity contribution >= 4 is 27.9 Å². The van der Waals surface area contributed by atoms with Gasteiger partial charge >= 0.3 is 0 Å². The highest BCUT2D eigenvalue weighted by atomic mass is 79.9. The van der Waals surface area contributed by atoms with Gasteiger partial charge in [0.2, 0.25) is 0 Å². The molecule has 0 bridgehead atoms. The van der Waals surface area contributed by atoms with Crippen LogP contribution in [0.2, 0.25) is 0 Å². The predicted molar refractivity (Wildman–Crippen MR) is 123 cm³/mol. The van der Waals surface area contributed by atoms with Crippen LogP contribution in [-0.2, 0) is 4.79 Å². The maximum atomic E-state index is 13.0. The first kappa shape index (κ1) is 22.2. The summed E-state index contributed by atoms with van der Waals surface area (Å²) >= 11 is 3.29. The summed E-state index contributed by atoms with van der Waals surface area (Å²) in [5.74, 6) is 0.116. The Labute approximate surface area is 189 Å². The van der Waals surface area contributed by atoms with Gasteiger partial charge in [-0.15, -0.1) is 0 Å². The van der Waals surface area contributed by atoms with Gasteiger partial charge in [-0.1, -0.05) is 54.6 Å². The molecule has 7 heteroatoms. The summed E-state index contributed by atoms with van der Waals surface area (Å²) in [5, 5.41) is 12.6. The number of carbonyl (C=O) groups is 1. The number of nitrogens with zero attached hydrogens (tertiary/aromatic N) is 2. The van der Waals surface area contributed by atoms with Crippen molar-refractivity contribution in [2.75, 3.05) is 13.2 Å². The number of halogens is 1. The SMILES string of the molecule is N#C/C(=C\c1cccc(Br)n1)C(=O)NC(c1ccccc1)c1ccccc1OCCN. The zero-order valence-electron chi connectivity index (χ0n) is 16.7. The van der Waals surface area contributed by atoms with Crippen LogP contribution < -0.4 is 15.8 Å². The fourth-order valence-electron chi connectivity index (χ4n) is 3.02. The third-order valence-corrected chi connectivity index (χ3v) is 4.85. The van der Waals surface area contributed by atoms with Crippen LogP contribution in [0.25, 0.3) is 6.08 Å². The Morgan fingerprint density at radius 2 is 1.87 bits per heavy atom. The van der Waals surface area contributed by atoms with E-state index in [4.69, 9.17) is 10.5 Å². The molecule has 2 aromatic carbocycles. The van der Waals surface area contributed by atoms with Gasteiger partial charge in [0.05, 0.1) is 11.7 Å². The Morgan fingerprint density at radius 1 is 1.13 bits per heavy atom. The number of carbonyl (C=O) groups excluding carboxylic acids is 1. The zero-order valence-corrected chi connectivity index (χ0v) is 18.2. The zero-order chi connectivity index (χ0) is 22.1. The quantitative estimate of drug-likeness (QED) is 0.290. The molecule has 1 unspecified atom stereocenters. The second-order valence-corrected chi connectivity index (χ2v) is 7.36. The van der Waals surface area contributed by atoms with Crippen molar-refractivity contribution in [3.05, 3.63) is 99.8 Å². The molecule has 0 saturated heterocycles. The molecule has 0 spiro atoms. The van der Waals surface area contributed by atoms with E-state index in [9.17, 15) is 10.1 Å². The number of nitrogens with two attached hydrogens (primary N) is 1. The largest absolute Gasteiger partial charge is 0.492 e. The number of amides is 1. The van der Waals surface area contributed by atoms with Crippen LogP contribution in [-0.4, -0.2) is 24.0 Å². The number of hydrogen-bond donors (Lipinski definition) is 2. The Balaban J connectivity index is 1.96. The van der Waals surface area contributed by atoms with Crippen LogP contribution in [0.15, 0.2) is 83.0 Å². The van der Waals surface area contributed by atoms with Crippen molar-refractivity contribution in [1.82, 2.24) is 10.3 Å². The van der Waals surface area contributed by atoms with Crippen LogP contribution >= 0.6 is 15.9 Å². The van der Waals surface area contributed by atoms with E-state index in [-0.39, 0.29) is 5.57 Å². The molecule has 156 valence electrons. The first-order chi connectivity index (χ1) is 15.1. The molecule has 3 rings (SSSR count). The highest BCUT2D eigenvalue weighted by Crippen LogP contribution is 2.30. The van der Waals surface area contributed by atoms with Crippen molar-refractivity contribution in [1.29, 1.82) is 5.26 Å². The van der Waals surface area contributed by atoms with Crippen molar-refractivity contribution in [2.45, 2.75) is 6.04 Å². The van der Waals surface area contributed by atoms with Gasteiger partial charge in [-0.2, -0.15) is 5.26 Å². The third kappa shape index (κ3) is 6.01. The maximum Gasteiger partial charge on any atom is 0.262 e. The normalized spacial score (nSPS) is 12.0. The third-order valence-electron chi connectivity index (χ3n) is 4.41. The standard InChI is InChI=1S/C24H21BrN4O2/c25-22-12-6-9-19(28-22)15-18(16-27)24(30)29-23(17-7-2-1-3-8-17)20-10-4-5-11-21(20)31-14-13-26/h1-12,15,23H,13-14,26H2,(H,29,30)/b18-15+. The lowest BCUT2D eigenvalue weighted by Crippen LogP contribution is -2.30. The van der Waals surface area contributed by atoms with Gasteiger partial charge in [0.1, 0.15) is 28.6 Å². The van der Waals surface area contributed by atoms with Crippen molar-refractivity contribution in [3.8, 4) is 11.8 Å². The summed E-state index contributed by atoms with van der Waals surface area (Å²) < 4.78 is 6.41. The molecule has 1 heterocycles. The first-order valence-electron chi connectivity index (χ1n) is 9.64. The highest BCUT2D eigenvalue weighted by molar-refractivity contribution is 9.10. The van der Waals surface area contributed by atoms with Crippen LogP contribution in [0.5, 0.6) is 5.75 Å². The van der Waals surface area contributed by atoms with E-state index in [1.165, 1.54) is 6.08 Å². The summed E-state index contributed by atoms with van der Waals surface area (Å²) in [6, 6.07) is 23.7. The highest BCUT2D eigenvalue weighted by Gasteiger charge is 2.22. The van der Waals surface area contributed by atoms with E-state index in [2.05, 4.69) is 26.2 Å². The number of aromatic nitrogens is 1. The minimum Gasteiger partial charge on any atom is -0.492 e. The predicted octanol–water partition coefficient (Wildman–Crippen LogP) is 3.99. The molecule has 1 aromatic heterocycles. The Morgan fingerprint density at radius 3 is 2.58 bits per heavy atom. The Kier molecular flexibility index (Phi) is 7.93. The number of rotatable bonds is 8. The fourth-order valence-corrected chi connectivity index (χ4v) is 3.37. The Hall–Kier alpha value is -3.47. The molecule has 0 radical (unpaired) electrons. The number of nitriles is 1. The molecule has 3 N–H and O–H groups in total. The molecule has 1 atom stereocenters. The maximum absolute atomic E-state index is 13.0. The van der Waals surface area contributed by atoms with Crippen LogP contribution in [0, 0.1) is 11.3 Å². The molecule has 0 aliphatic heterocycles. The molecule has 6 nitrogen and oxygen atoms in total. The van der Waals surface area contributed by atoms with Gasteiger partial charge in [0, 0.05) is 12.1 Å². The molecular formula is C24H21BrN4O2. The molecule has 0 aliphatic carbocycles. The number of pyridine rings is 1. The minimum absolute atomic E-state index is 0.0492. The Bertz CT molecular complexity index is 1110. The van der Waals surface area contributed by atoms with E-state index in [0.717, 1.165) is 11.1 Å². The molecular weight excluding hydrogens is 456 g/mol. The molecule has 0 fully saturated rings. The molecule has 0 aliphatic rings. The lowest BCUT2D eigenvalue weighted by molar-refractivity contribution is -0.117. The van der Waals surface area contributed by atoms with Gasteiger partial charge < -0.3 is 15.8 Å². The average molecular weight is 477 g/mol. The average Bonchev–Trinajstić information content (AvgIpc) is 2.80. The fraction of sp³-hybridized carbons (Fsp3) is 0.125. The molecule has 1 amide bonds. The van der Waals surface area contributed by atoms with Gasteiger partial charge in [-0.25, -0.2) is 4.98 Å². The van der Waals surface area contributed by atoms with Gasteiger partial charge in [0.25, 0.3) is 5.91 Å². The lowest BCUT2D eigenvalue weighted by Gasteiger charge is -2.22. The van der Waals surface area contributed by atoms with E-state index in [0.29, 0.717) is 29.2 Å². The lowest BCUT2D eigenvalue weighted by atomic mass is 9.97. The van der Waals surface area contributed by atoms with Gasteiger partial charge in [0.15, 0.2) is 0 Å². The number of ether oxygens (including phenoxy) is 1. The number of hydrogen-bond acceptors (Lipinski definition) is 5. The summed E-state index contributed by atoms with van der Waals surface area (Å²) in [6.07, 6.45) is 1.46. The topological polar surface area (TPSA) is 101 Å². The van der Waals surface area contributed by atoms with Crippen LogP contribution in [0.1, 0.15) is 22.9 Å². The summed E-state index contributed by atoms with van der Waals surface area (Å²) in [4.78, 5) is 17.3. The smallest absolute Gasteiger partial charge is 0.262 e. The second kappa shape index (κ2) is 11.1. The minimum atomic E-state index is -0.519. The summed E-state index contributed by atoms with van der Waals surface area (Å²) in [6.45, 7) is 0.724.